The molecule has 2 rings (SSSR count). The number of nitrogens with one attached hydrogen (secondary N) is 1. The van der Waals surface area contributed by atoms with Gasteiger partial charge in [-0.05, 0) is 30.5 Å². The minimum absolute atomic E-state index is 0.258. The van der Waals surface area contributed by atoms with E-state index in [0.717, 1.165) is 37.5 Å². The third-order valence-electron chi connectivity index (χ3n) is 4.00. The highest BCUT2D eigenvalue weighted by Crippen LogP contribution is 2.18. The summed E-state index contributed by atoms with van der Waals surface area (Å²) in [6, 6.07) is 5.00. The number of halogens is 1. The normalized spacial score (nSPS) is 15.0. The first-order valence-corrected chi connectivity index (χ1v) is 8.14. The highest BCUT2D eigenvalue weighted by atomic mass is 19.1. The fourth-order valence-electron chi connectivity index (χ4n) is 2.67. The van der Waals surface area contributed by atoms with Gasteiger partial charge in [-0.25, -0.2) is 4.39 Å². The summed E-state index contributed by atoms with van der Waals surface area (Å²) in [5.74, 6) is 0.699. The van der Waals surface area contributed by atoms with Gasteiger partial charge in [0.1, 0.15) is 0 Å². The number of rotatable bonds is 6. The van der Waals surface area contributed by atoms with Crippen molar-refractivity contribution in [3.63, 3.8) is 0 Å². The number of benzene rings is 1. The first kappa shape index (κ1) is 18.3. The zero-order chi connectivity index (χ0) is 17.4. The van der Waals surface area contributed by atoms with Crippen LogP contribution in [-0.4, -0.2) is 51.8 Å². The van der Waals surface area contributed by atoms with E-state index >= 15 is 0 Å². The smallest absolute Gasteiger partial charge is 0.193 e. The molecule has 0 unspecified atom stereocenters. The van der Waals surface area contributed by atoms with E-state index in [1.165, 1.54) is 18.7 Å². The van der Waals surface area contributed by atoms with Crippen molar-refractivity contribution in [2.24, 2.45) is 4.99 Å². The van der Waals surface area contributed by atoms with Gasteiger partial charge in [-0.1, -0.05) is 17.7 Å². The number of nitrogens with zero attached hydrogens (tertiary/aromatic N) is 2. The lowest BCUT2D eigenvalue weighted by atomic mass is 10.1. The highest BCUT2D eigenvalue weighted by molar-refractivity contribution is 5.79. The molecule has 0 fully saturated rings. The van der Waals surface area contributed by atoms with Gasteiger partial charge in [0.25, 0.3) is 0 Å². The van der Waals surface area contributed by atoms with Gasteiger partial charge < -0.3 is 19.7 Å². The Kier molecular flexibility index (Phi) is 7.06. The SMILES string of the molecule is CN=C(NCCC1=CCOCC1)N(C)Cc1ccc(OC)c(F)c1. The van der Waals surface area contributed by atoms with E-state index in [0.29, 0.717) is 13.2 Å². The van der Waals surface area contributed by atoms with Gasteiger partial charge in [-0.2, -0.15) is 0 Å². The maximum Gasteiger partial charge on any atom is 0.193 e. The zero-order valence-corrected chi connectivity index (χ0v) is 14.6. The molecule has 1 N–H and O–H groups in total. The number of hydrogen-bond donors (Lipinski definition) is 1. The number of guanidine groups is 1. The topological polar surface area (TPSA) is 46.1 Å². The third kappa shape index (κ3) is 5.23. The third-order valence-corrected chi connectivity index (χ3v) is 4.00. The van der Waals surface area contributed by atoms with Crippen molar-refractivity contribution in [1.82, 2.24) is 10.2 Å². The molecule has 1 aromatic carbocycles. The van der Waals surface area contributed by atoms with Gasteiger partial charge in [0.15, 0.2) is 17.5 Å². The van der Waals surface area contributed by atoms with Crippen molar-refractivity contribution in [2.75, 3.05) is 41.0 Å². The number of methoxy groups -OCH3 is 1. The van der Waals surface area contributed by atoms with Crippen LogP contribution in [0.15, 0.2) is 34.8 Å². The quantitative estimate of drug-likeness (QED) is 0.493. The molecular weight excluding hydrogens is 309 g/mol. The van der Waals surface area contributed by atoms with E-state index in [1.54, 1.807) is 13.1 Å². The van der Waals surface area contributed by atoms with Crippen LogP contribution in [0.3, 0.4) is 0 Å². The number of aliphatic imine (C=N–C) groups is 1. The van der Waals surface area contributed by atoms with Crippen molar-refractivity contribution in [2.45, 2.75) is 19.4 Å². The molecule has 0 saturated carbocycles. The molecule has 0 aromatic heterocycles. The molecule has 1 aliphatic heterocycles. The van der Waals surface area contributed by atoms with Crippen molar-refractivity contribution >= 4 is 5.96 Å². The van der Waals surface area contributed by atoms with Gasteiger partial charge in [-0.3, -0.25) is 4.99 Å². The molecule has 1 aromatic rings. The minimum atomic E-state index is -0.349. The summed E-state index contributed by atoms with van der Waals surface area (Å²) in [5, 5.41) is 3.35. The Balaban J connectivity index is 1.85. The van der Waals surface area contributed by atoms with Crippen LogP contribution >= 0.6 is 0 Å². The van der Waals surface area contributed by atoms with Crippen LogP contribution in [0, 0.1) is 5.82 Å². The Morgan fingerprint density at radius 2 is 2.29 bits per heavy atom. The second kappa shape index (κ2) is 9.27. The van der Waals surface area contributed by atoms with E-state index in [1.807, 2.05) is 18.0 Å². The van der Waals surface area contributed by atoms with Crippen LogP contribution < -0.4 is 10.1 Å². The molecule has 0 saturated heterocycles. The van der Waals surface area contributed by atoms with Gasteiger partial charge in [0, 0.05) is 27.2 Å². The number of hydrogen-bond acceptors (Lipinski definition) is 3. The van der Waals surface area contributed by atoms with Gasteiger partial charge in [0.2, 0.25) is 0 Å². The second-order valence-electron chi connectivity index (χ2n) is 5.74. The summed E-state index contributed by atoms with van der Waals surface area (Å²) in [6.07, 6.45) is 4.13. The predicted molar refractivity (Wildman–Crippen MR) is 93.9 cm³/mol. The molecule has 1 heterocycles. The minimum Gasteiger partial charge on any atom is -0.494 e. The first-order valence-electron chi connectivity index (χ1n) is 8.14. The van der Waals surface area contributed by atoms with Gasteiger partial charge in [-0.15, -0.1) is 0 Å². The van der Waals surface area contributed by atoms with Crippen LogP contribution in [0.2, 0.25) is 0 Å². The van der Waals surface area contributed by atoms with Crippen LogP contribution in [0.1, 0.15) is 18.4 Å². The number of ether oxygens (including phenoxy) is 2. The molecule has 132 valence electrons. The standard InChI is InChI=1S/C18H26FN3O2/c1-20-18(21-9-6-14-7-10-24-11-8-14)22(2)13-15-4-5-17(23-3)16(19)12-15/h4-5,7,12H,6,8-11,13H2,1-3H3,(H,20,21). The summed E-state index contributed by atoms with van der Waals surface area (Å²) < 4.78 is 24.0. The van der Waals surface area contributed by atoms with Gasteiger partial charge >= 0.3 is 0 Å². The van der Waals surface area contributed by atoms with Crippen LogP contribution in [0.25, 0.3) is 0 Å². The maximum absolute atomic E-state index is 13.8. The van der Waals surface area contributed by atoms with Crippen molar-refractivity contribution < 1.29 is 13.9 Å². The summed E-state index contributed by atoms with van der Waals surface area (Å²) in [4.78, 5) is 6.26. The Morgan fingerprint density at radius 3 is 2.92 bits per heavy atom. The molecule has 5 nitrogen and oxygen atoms in total. The molecule has 24 heavy (non-hydrogen) atoms. The largest absolute Gasteiger partial charge is 0.494 e. The average Bonchev–Trinajstić information content (AvgIpc) is 2.59. The average molecular weight is 335 g/mol. The molecule has 0 aliphatic carbocycles. The second-order valence-corrected chi connectivity index (χ2v) is 5.74. The van der Waals surface area contributed by atoms with Crippen LogP contribution in [-0.2, 0) is 11.3 Å². The van der Waals surface area contributed by atoms with Crippen LogP contribution in [0.4, 0.5) is 4.39 Å². The van der Waals surface area contributed by atoms with Gasteiger partial charge in [0.05, 0.1) is 20.3 Å². The summed E-state index contributed by atoms with van der Waals surface area (Å²) >= 11 is 0. The first-order chi connectivity index (χ1) is 11.6. The van der Waals surface area contributed by atoms with Crippen LogP contribution in [0.5, 0.6) is 5.75 Å². The van der Waals surface area contributed by atoms with E-state index in [9.17, 15) is 4.39 Å². The lowest BCUT2D eigenvalue weighted by molar-refractivity contribution is 0.153. The molecule has 0 radical (unpaired) electrons. The fraction of sp³-hybridized carbons (Fsp3) is 0.500. The molecule has 0 spiro atoms. The Morgan fingerprint density at radius 1 is 1.46 bits per heavy atom. The highest BCUT2D eigenvalue weighted by Gasteiger charge is 2.10. The fourth-order valence-corrected chi connectivity index (χ4v) is 2.67. The Bertz CT molecular complexity index is 602. The molecule has 0 amide bonds. The maximum atomic E-state index is 13.8. The molecule has 6 heteroatoms. The lowest BCUT2D eigenvalue weighted by Gasteiger charge is -2.23. The summed E-state index contributed by atoms with van der Waals surface area (Å²) in [7, 11) is 5.15. The molecular formula is C18H26FN3O2. The van der Waals surface area contributed by atoms with E-state index in [2.05, 4.69) is 16.4 Å². The van der Waals surface area contributed by atoms with Crippen molar-refractivity contribution in [1.29, 1.82) is 0 Å². The molecule has 0 bridgehead atoms. The van der Waals surface area contributed by atoms with Crippen molar-refractivity contribution in [3.8, 4) is 5.75 Å². The molecule has 1 aliphatic rings. The van der Waals surface area contributed by atoms with E-state index in [-0.39, 0.29) is 11.6 Å². The Labute approximate surface area is 143 Å². The predicted octanol–water partition coefficient (Wildman–Crippen LogP) is 2.58. The van der Waals surface area contributed by atoms with E-state index in [4.69, 9.17) is 9.47 Å². The van der Waals surface area contributed by atoms with E-state index < -0.39 is 0 Å². The summed E-state index contributed by atoms with van der Waals surface area (Å²) in [6.45, 7) is 2.91. The zero-order valence-electron chi connectivity index (χ0n) is 14.6. The Hall–Kier alpha value is -2.08. The molecule has 0 atom stereocenters. The lowest BCUT2D eigenvalue weighted by Crippen LogP contribution is -2.39. The summed E-state index contributed by atoms with van der Waals surface area (Å²) in [5.41, 5.74) is 2.29. The van der Waals surface area contributed by atoms with Crippen molar-refractivity contribution in [3.05, 3.63) is 41.2 Å². The monoisotopic (exact) mass is 335 g/mol.